The summed E-state index contributed by atoms with van der Waals surface area (Å²) in [6.45, 7) is 1.83. The van der Waals surface area contributed by atoms with Crippen LogP contribution in [-0.2, 0) is 9.59 Å². The molecule has 0 saturated carbocycles. The fourth-order valence-corrected chi connectivity index (χ4v) is 3.50. The molecular weight excluding hydrogens is 322 g/mol. The molecule has 1 aliphatic rings. The van der Waals surface area contributed by atoms with E-state index in [0.717, 1.165) is 16.7 Å². The summed E-state index contributed by atoms with van der Waals surface area (Å²) < 4.78 is 0.207. The fraction of sp³-hybridized carbons (Fsp3) is 0.267. The van der Waals surface area contributed by atoms with Gasteiger partial charge in [-0.3, -0.25) is 9.69 Å². The Morgan fingerprint density at radius 2 is 2.27 bits per heavy atom. The van der Waals surface area contributed by atoms with Gasteiger partial charge in [0.1, 0.15) is 10.1 Å². The van der Waals surface area contributed by atoms with Crippen molar-refractivity contribution < 1.29 is 19.8 Å². The van der Waals surface area contributed by atoms with Crippen molar-refractivity contribution in [1.29, 1.82) is 0 Å². The van der Waals surface area contributed by atoms with Crippen LogP contribution in [0.15, 0.2) is 29.2 Å². The molecule has 0 spiro atoms. The number of carbonyl (C=O) groups is 2. The highest BCUT2D eigenvalue weighted by molar-refractivity contribution is 8.26. The molecular formula is C15H14NO4S2-. The Bertz CT molecular complexity index is 657. The molecule has 7 heteroatoms. The smallest absolute Gasteiger partial charge is 0.266 e. The van der Waals surface area contributed by atoms with E-state index in [1.165, 1.54) is 12.1 Å². The average molecular weight is 336 g/mol. The van der Waals surface area contributed by atoms with E-state index in [1.807, 2.05) is 6.92 Å². The minimum atomic E-state index is -1.31. The van der Waals surface area contributed by atoms with Crippen LogP contribution >= 0.6 is 24.0 Å². The lowest BCUT2D eigenvalue weighted by atomic mass is 10.1. The highest BCUT2D eigenvalue weighted by atomic mass is 32.2. The van der Waals surface area contributed by atoms with Crippen LogP contribution in [-0.4, -0.2) is 32.2 Å². The van der Waals surface area contributed by atoms with Crippen molar-refractivity contribution in [3.8, 4) is 5.75 Å². The van der Waals surface area contributed by atoms with E-state index in [-0.39, 0.29) is 16.5 Å². The largest absolute Gasteiger partial charge is 0.548 e. The number of thiocarbonyl (C=S) groups is 1. The van der Waals surface area contributed by atoms with Crippen LogP contribution in [0.4, 0.5) is 0 Å². The quantitative estimate of drug-likeness (QED) is 0.648. The number of hydrogen-bond donors (Lipinski definition) is 1. The van der Waals surface area contributed by atoms with Gasteiger partial charge in [-0.25, -0.2) is 0 Å². The van der Waals surface area contributed by atoms with Gasteiger partial charge in [-0.15, -0.1) is 0 Å². The molecule has 5 nitrogen and oxygen atoms in total. The van der Waals surface area contributed by atoms with Crippen LogP contribution in [0.1, 0.15) is 25.3 Å². The van der Waals surface area contributed by atoms with E-state index < -0.39 is 17.9 Å². The van der Waals surface area contributed by atoms with Crippen molar-refractivity contribution in [3.05, 3.63) is 34.7 Å². The van der Waals surface area contributed by atoms with Gasteiger partial charge >= 0.3 is 0 Å². The molecule has 0 aromatic heterocycles. The van der Waals surface area contributed by atoms with Crippen LogP contribution in [0, 0.1) is 0 Å². The van der Waals surface area contributed by atoms with E-state index in [4.69, 9.17) is 12.2 Å². The standard InChI is InChI=1S/C15H15NO4S2/c1-2-4-11(14(19)20)16-13(18)12(22-15(16)21)8-9-5-3-6-10(17)7-9/h3,5-8,11,17H,2,4H2,1H3,(H,19,20)/p-1/b12-8-/t11-/m1/s1. The number of nitrogens with zero attached hydrogens (tertiary/aromatic N) is 1. The van der Waals surface area contributed by atoms with Gasteiger partial charge in [0, 0.05) is 0 Å². The molecule has 1 aromatic rings. The van der Waals surface area contributed by atoms with Crippen LogP contribution in [0.25, 0.3) is 6.08 Å². The number of thioether (sulfide) groups is 1. The summed E-state index contributed by atoms with van der Waals surface area (Å²) in [6, 6.07) is 5.37. The average Bonchev–Trinajstić information content (AvgIpc) is 2.71. The second-order valence-corrected chi connectivity index (χ2v) is 6.45. The highest BCUT2D eigenvalue weighted by Crippen LogP contribution is 2.35. The second kappa shape index (κ2) is 6.93. The Labute approximate surface area is 137 Å². The van der Waals surface area contributed by atoms with E-state index in [0.29, 0.717) is 16.9 Å². The van der Waals surface area contributed by atoms with Crippen LogP contribution in [0.3, 0.4) is 0 Å². The summed E-state index contributed by atoms with van der Waals surface area (Å²) in [4.78, 5) is 25.1. The normalized spacial score (nSPS) is 18.0. The molecule has 116 valence electrons. The van der Waals surface area contributed by atoms with Crippen LogP contribution < -0.4 is 5.11 Å². The maximum Gasteiger partial charge on any atom is 0.266 e. The summed E-state index contributed by atoms with van der Waals surface area (Å²) >= 11 is 6.18. The molecule has 2 rings (SSSR count). The van der Waals surface area contributed by atoms with Gasteiger partial charge in [0.2, 0.25) is 0 Å². The maximum atomic E-state index is 12.4. The molecule has 0 unspecified atom stereocenters. The zero-order valence-electron chi connectivity index (χ0n) is 11.8. The third-order valence-corrected chi connectivity index (χ3v) is 4.47. The van der Waals surface area contributed by atoms with Crippen molar-refractivity contribution in [1.82, 2.24) is 4.90 Å². The first-order chi connectivity index (χ1) is 10.4. The lowest BCUT2D eigenvalue weighted by Crippen LogP contribution is -2.49. The zero-order valence-corrected chi connectivity index (χ0v) is 13.4. The minimum Gasteiger partial charge on any atom is -0.548 e. The summed E-state index contributed by atoms with van der Waals surface area (Å²) in [7, 11) is 0. The first kappa shape index (κ1) is 16.5. The highest BCUT2D eigenvalue weighted by Gasteiger charge is 2.37. The van der Waals surface area contributed by atoms with Gasteiger partial charge < -0.3 is 15.0 Å². The molecule has 1 heterocycles. The van der Waals surface area contributed by atoms with Gasteiger partial charge in [0.05, 0.1) is 16.9 Å². The predicted octanol–water partition coefficient (Wildman–Crippen LogP) is 1.51. The number of carbonyl (C=O) groups excluding carboxylic acids is 2. The Morgan fingerprint density at radius 3 is 2.86 bits per heavy atom. The van der Waals surface area contributed by atoms with Crippen molar-refractivity contribution in [2.24, 2.45) is 0 Å². The third-order valence-electron chi connectivity index (χ3n) is 3.14. The van der Waals surface area contributed by atoms with E-state index in [2.05, 4.69) is 0 Å². The number of phenolic OH excluding ortho intramolecular Hbond substituents is 1. The summed E-state index contributed by atoms with van der Waals surface area (Å²) in [5.41, 5.74) is 0.640. The topological polar surface area (TPSA) is 80.7 Å². The van der Waals surface area contributed by atoms with Gasteiger partial charge in [-0.2, -0.15) is 0 Å². The first-order valence-electron chi connectivity index (χ1n) is 6.71. The fourth-order valence-electron chi connectivity index (χ4n) is 2.14. The number of phenols is 1. The van der Waals surface area contributed by atoms with E-state index in [1.54, 1.807) is 18.2 Å². The molecule has 1 aliphatic heterocycles. The maximum absolute atomic E-state index is 12.4. The first-order valence-corrected chi connectivity index (χ1v) is 7.93. The van der Waals surface area contributed by atoms with Gasteiger partial charge in [-0.1, -0.05) is 49.5 Å². The Morgan fingerprint density at radius 1 is 1.55 bits per heavy atom. The Kier molecular flexibility index (Phi) is 5.20. The number of carboxylic acids is 1. The number of benzene rings is 1. The number of aromatic hydroxyl groups is 1. The Balaban J connectivity index is 2.30. The SMILES string of the molecule is CCC[C@H](C(=O)[O-])N1C(=O)/C(=C/c2cccc(O)c2)SC1=S. The number of rotatable bonds is 5. The van der Waals surface area contributed by atoms with Crippen molar-refractivity contribution in [2.75, 3.05) is 0 Å². The third kappa shape index (κ3) is 3.48. The lowest BCUT2D eigenvalue weighted by Gasteiger charge is -2.27. The zero-order chi connectivity index (χ0) is 16.3. The molecule has 1 atom stereocenters. The van der Waals surface area contributed by atoms with Crippen LogP contribution in [0.5, 0.6) is 5.75 Å². The Hall–Kier alpha value is -1.86. The molecule has 22 heavy (non-hydrogen) atoms. The van der Waals surface area contributed by atoms with Crippen molar-refractivity contribution in [3.63, 3.8) is 0 Å². The van der Waals surface area contributed by atoms with E-state index in [9.17, 15) is 19.8 Å². The summed E-state index contributed by atoms with van der Waals surface area (Å²) in [5.74, 6) is -1.67. The monoisotopic (exact) mass is 336 g/mol. The second-order valence-electron chi connectivity index (χ2n) is 4.77. The number of amides is 1. The van der Waals surface area contributed by atoms with Crippen LogP contribution in [0.2, 0.25) is 0 Å². The van der Waals surface area contributed by atoms with Crippen molar-refractivity contribution in [2.45, 2.75) is 25.8 Å². The summed E-state index contributed by atoms with van der Waals surface area (Å²) in [6.07, 6.45) is 2.47. The lowest BCUT2D eigenvalue weighted by molar-refractivity contribution is -0.310. The van der Waals surface area contributed by atoms with Gasteiger partial charge in [-0.05, 0) is 30.2 Å². The number of aliphatic carboxylic acids is 1. The molecule has 1 N–H and O–H groups in total. The minimum absolute atomic E-state index is 0.0859. The van der Waals surface area contributed by atoms with Gasteiger partial charge in [0.15, 0.2) is 0 Å². The van der Waals surface area contributed by atoms with Gasteiger partial charge in [0.25, 0.3) is 5.91 Å². The molecule has 1 saturated heterocycles. The number of hydrogen-bond acceptors (Lipinski definition) is 6. The molecule has 1 fully saturated rings. The molecule has 0 aliphatic carbocycles. The molecule has 0 bridgehead atoms. The number of carboxylic acid groups (broad SMARTS) is 1. The predicted molar refractivity (Wildman–Crippen MR) is 86.8 cm³/mol. The van der Waals surface area contributed by atoms with Crippen molar-refractivity contribution >= 4 is 46.3 Å². The summed E-state index contributed by atoms with van der Waals surface area (Å²) in [5, 5.41) is 20.7. The van der Waals surface area contributed by atoms with E-state index >= 15 is 0 Å². The molecule has 1 aromatic carbocycles. The molecule has 0 radical (unpaired) electrons. The molecule has 1 amide bonds.